The summed E-state index contributed by atoms with van der Waals surface area (Å²) in [6.07, 6.45) is 5.17. The summed E-state index contributed by atoms with van der Waals surface area (Å²) < 4.78 is 11.3. The molecular weight excluding hydrogens is 487 g/mol. The first-order chi connectivity index (χ1) is 13.4. The fraction of sp³-hybridized carbons (Fsp3) is 0.750. The largest absolute Gasteiger partial charge is 0.377 e. The average Bonchev–Trinajstić information content (AvgIpc) is 3.44. The van der Waals surface area contributed by atoms with Gasteiger partial charge in [0.1, 0.15) is 0 Å². The smallest absolute Gasteiger partial charge is 0.191 e. The van der Waals surface area contributed by atoms with Crippen LogP contribution in [0.4, 0.5) is 0 Å². The molecule has 2 atom stereocenters. The Morgan fingerprint density at radius 2 is 2.21 bits per heavy atom. The molecule has 0 saturated carbocycles. The van der Waals surface area contributed by atoms with E-state index in [0.717, 1.165) is 45.0 Å². The molecule has 1 aromatic heterocycles. The van der Waals surface area contributed by atoms with Crippen molar-refractivity contribution >= 4 is 41.3 Å². The summed E-state index contributed by atoms with van der Waals surface area (Å²) in [5.74, 6) is 0.874. The van der Waals surface area contributed by atoms with Gasteiger partial charge >= 0.3 is 0 Å². The number of nitrogens with one attached hydrogen (secondary N) is 2. The molecule has 6 nitrogen and oxygen atoms in total. The van der Waals surface area contributed by atoms with Gasteiger partial charge in [-0.1, -0.05) is 6.07 Å². The lowest BCUT2D eigenvalue weighted by Gasteiger charge is -2.25. The maximum absolute atomic E-state index is 5.74. The van der Waals surface area contributed by atoms with Crippen molar-refractivity contribution in [3.8, 4) is 0 Å². The van der Waals surface area contributed by atoms with Crippen LogP contribution in [0.2, 0.25) is 0 Å². The number of aliphatic imine (C=N–C) groups is 1. The Labute approximate surface area is 190 Å². The summed E-state index contributed by atoms with van der Waals surface area (Å²) in [5.41, 5.74) is 0. The number of hydrogen-bond acceptors (Lipinski definition) is 5. The fourth-order valence-electron chi connectivity index (χ4n) is 3.67. The minimum atomic E-state index is 0. The maximum atomic E-state index is 5.74. The van der Waals surface area contributed by atoms with Crippen LogP contribution in [0.5, 0.6) is 0 Å². The van der Waals surface area contributed by atoms with E-state index in [2.05, 4.69) is 40.0 Å². The van der Waals surface area contributed by atoms with Gasteiger partial charge in [0.05, 0.1) is 31.9 Å². The molecule has 0 spiro atoms. The Balaban J connectivity index is 0.00000280. The molecule has 0 aromatic carbocycles. The topological polar surface area (TPSA) is 58.1 Å². The molecule has 8 heteroatoms. The maximum Gasteiger partial charge on any atom is 0.191 e. The Morgan fingerprint density at radius 1 is 1.36 bits per heavy atom. The van der Waals surface area contributed by atoms with Gasteiger partial charge in [0.2, 0.25) is 0 Å². The van der Waals surface area contributed by atoms with E-state index >= 15 is 0 Å². The molecule has 0 aliphatic carbocycles. The van der Waals surface area contributed by atoms with Crippen LogP contribution in [0, 0.1) is 0 Å². The molecule has 2 unspecified atom stereocenters. The van der Waals surface area contributed by atoms with Gasteiger partial charge in [0.15, 0.2) is 5.96 Å². The zero-order valence-electron chi connectivity index (χ0n) is 16.9. The van der Waals surface area contributed by atoms with Crippen LogP contribution in [0.3, 0.4) is 0 Å². The van der Waals surface area contributed by atoms with Gasteiger partial charge < -0.3 is 20.1 Å². The van der Waals surface area contributed by atoms with Gasteiger partial charge in [-0.2, -0.15) is 0 Å². The van der Waals surface area contributed by atoms with Crippen molar-refractivity contribution in [2.75, 3.05) is 52.5 Å². The van der Waals surface area contributed by atoms with Crippen LogP contribution in [0.25, 0.3) is 0 Å². The molecule has 28 heavy (non-hydrogen) atoms. The highest BCUT2D eigenvalue weighted by atomic mass is 127. The predicted molar refractivity (Wildman–Crippen MR) is 127 cm³/mol. The Hall–Kier alpha value is -0.420. The van der Waals surface area contributed by atoms with E-state index in [1.165, 1.54) is 30.8 Å². The van der Waals surface area contributed by atoms with E-state index in [1.54, 1.807) is 0 Å². The standard InChI is InChI=1S/C20H34N4O2S.HI/c1-2-21-20(22-9-13-25-16-17-7-5-12-26-17)23-15-18(19-8-6-14-27-19)24-10-3-4-11-24;/h6,8,14,17-18H,2-5,7,9-13,15-16H2,1H3,(H2,21,22,23);1H. The quantitative estimate of drug-likeness (QED) is 0.214. The van der Waals surface area contributed by atoms with Crippen LogP contribution in [0.1, 0.15) is 43.5 Å². The van der Waals surface area contributed by atoms with Crippen LogP contribution in [0.15, 0.2) is 22.5 Å². The van der Waals surface area contributed by atoms with Gasteiger partial charge in [0, 0.05) is 24.6 Å². The first-order valence-electron chi connectivity index (χ1n) is 10.4. The van der Waals surface area contributed by atoms with Crippen molar-refractivity contribution in [3.63, 3.8) is 0 Å². The highest BCUT2D eigenvalue weighted by Gasteiger charge is 2.24. The molecular formula is C20H35IN4O2S. The second-order valence-electron chi connectivity index (χ2n) is 7.13. The first kappa shape index (κ1) is 23.9. The number of thiophene rings is 1. The number of ether oxygens (including phenoxy) is 2. The minimum Gasteiger partial charge on any atom is -0.377 e. The third-order valence-corrected chi connectivity index (χ3v) is 6.06. The second kappa shape index (κ2) is 13.7. The van der Waals surface area contributed by atoms with E-state index < -0.39 is 0 Å². The van der Waals surface area contributed by atoms with Gasteiger partial charge in [-0.3, -0.25) is 9.89 Å². The molecule has 0 amide bonds. The number of halogens is 1. The number of guanidine groups is 1. The highest BCUT2D eigenvalue weighted by molar-refractivity contribution is 14.0. The fourth-order valence-corrected chi connectivity index (χ4v) is 4.52. The second-order valence-corrected chi connectivity index (χ2v) is 8.11. The zero-order valence-corrected chi connectivity index (χ0v) is 20.0. The summed E-state index contributed by atoms with van der Waals surface area (Å²) in [6, 6.07) is 4.77. The third kappa shape index (κ3) is 7.78. The lowest BCUT2D eigenvalue weighted by Crippen LogP contribution is -2.40. The molecule has 2 N–H and O–H groups in total. The molecule has 2 fully saturated rings. The van der Waals surface area contributed by atoms with Gasteiger partial charge in [0.25, 0.3) is 0 Å². The van der Waals surface area contributed by atoms with Crippen molar-refractivity contribution in [1.29, 1.82) is 0 Å². The van der Waals surface area contributed by atoms with Gasteiger partial charge in [-0.25, -0.2) is 0 Å². The van der Waals surface area contributed by atoms with E-state index in [4.69, 9.17) is 14.5 Å². The lowest BCUT2D eigenvalue weighted by atomic mass is 10.2. The molecule has 2 saturated heterocycles. The molecule has 0 bridgehead atoms. The number of nitrogens with zero attached hydrogens (tertiary/aromatic N) is 2. The first-order valence-corrected chi connectivity index (χ1v) is 11.2. The Morgan fingerprint density at radius 3 is 2.89 bits per heavy atom. The van der Waals surface area contributed by atoms with E-state index in [1.807, 2.05) is 11.3 Å². The highest BCUT2D eigenvalue weighted by Crippen LogP contribution is 2.28. The number of hydrogen-bond donors (Lipinski definition) is 2. The number of rotatable bonds is 10. The zero-order chi connectivity index (χ0) is 18.7. The van der Waals surface area contributed by atoms with E-state index in [9.17, 15) is 0 Å². The third-order valence-electron chi connectivity index (χ3n) is 5.09. The summed E-state index contributed by atoms with van der Waals surface area (Å²) in [6.45, 7) is 9.11. The normalized spacial score (nSPS) is 21.5. The number of likely N-dealkylation sites (tertiary alicyclic amines) is 1. The summed E-state index contributed by atoms with van der Waals surface area (Å²) in [7, 11) is 0. The monoisotopic (exact) mass is 522 g/mol. The molecule has 160 valence electrons. The lowest BCUT2D eigenvalue weighted by molar-refractivity contribution is 0.0191. The molecule has 2 aliphatic heterocycles. The summed E-state index contributed by atoms with van der Waals surface area (Å²) in [5, 5.41) is 8.91. The van der Waals surface area contributed by atoms with Gasteiger partial charge in [-0.15, -0.1) is 35.3 Å². The van der Waals surface area contributed by atoms with Crippen molar-refractivity contribution in [2.45, 2.75) is 44.8 Å². The molecule has 2 aliphatic rings. The summed E-state index contributed by atoms with van der Waals surface area (Å²) in [4.78, 5) is 8.85. The van der Waals surface area contributed by atoms with Gasteiger partial charge in [-0.05, 0) is 57.1 Å². The van der Waals surface area contributed by atoms with Crippen molar-refractivity contribution in [1.82, 2.24) is 15.5 Å². The van der Waals surface area contributed by atoms with Crippen LogP contribution in [-0.4, -0.2) is 69.5 Å². The SMILES string of the molecule is CCNC(=NCC(c1cccs1)N1CCCC1)NCCOCC1CCCO1.I. The van der Waals surface area contributed by atoms with Crippen molar-refractivity contribution in [3.05, 3.63) is 22.4 Å². The summed E-state index contributed by atoms with van der Waals surface area (Å²) >= 11 is 1.84. The van der Waals surface area contributed by atoms with Crippen LogP contribution in [-0.2, 0) is 9.47 Å². The minimum absolute atomic E-state index is 0. The predicted octanol–water partition coefficient (Wildman–Crippen LogP) is 3.25. The molecule has 1 aromatic rings. The van der Waals surface area contributed by atoms with Crippen molar-refractivity contribution in [2.24, 2.45) is 4.99 Å². The Bertz CT molecular complexity index is 546. The Kier molecular flexibility index (Phi) is 11.7. The van der Waals surface area contributed by atoms with Crippen LogP contribution < -0.4 is 10.6 Å². The van der Waals surface area contributed by atoms with Crippen molar-refractivity contribution < 1.29 is 9.47 Å². The van der Waals surface area contributed by atoms with Crippen LogP contribution >= 0.6 is 35.3 Å². The van der Waals surface area contributed by atoms with E-state index in [0.29, 0.717) is 25.4 Å². The molecule has 0 radical (unpaired) electrons. The molecule has 3 heterocycles. The molecule has 3 rings (SSSR count). The van der Waals surface area contributed by atoms with E-state index in [-0.39, 0.29) is 24.0 Å². The average molecular weight is 522 g/mol.